The van der Waals surface area contributed by atoms with Gasteiger partial charge in [-0.05, 0) is 90.0 Å². The number of allylic oxidation sites excluding steroid dienone is 1. The summed E-state index contributed by atoms with van der Waals surface area (Å²) in [6.07, 6.45) is 2.34. The molecule has 1 aliphatic heterocycles. The van der Waals surface area contributed by atoms with Gasteiger partial charge in [-0.15, -0.1) is 0 Å². The van der Waals surface area contributed by atoms with Gasteiger partial charge in [0.25, 0.3) is 0 Å². The molecule has 194 valence electrons. The molecule has 0 bridgehead atoms. The smallest absolute Gasteiger partial charge is 0.0991 e. The molecule has 5 aromatic carbocycles. The maximum Gasteiger partial charge on any atom is 0.0991 e. The number of rotatable bonds is 4. The molecule has 2 aliphatic rings. The van der Waals surface area contributed by atoms with E-state index < -0.39 is 10.8 Å². The highest BCUT2D eigenvalue weighted by molar-refractivity contribution is 7.85. The predicted molar refractivity (Wildman–Crippen MR) is 164 cm³/mol. The van der Waals surface area contributed by atoms with Gasteiger partial charge in [-0.2, -0.15) is 5.26 Å². The summed E-state index contributed by atoms with van der Waals surface area (Å²) in [5, 5.41) is 10.3. The molecular formula is C36H23N3OS. The molecule has 41 heavy (non-hydrogen) atoms. The Morgan fingerprint density at radius 3 is 2.10 bits per heavy atom. The number of para-hydroxylation sites is 3. The van der Waals surface area contributed by atoms with Crippen molar-refractivity contribution in [3.05, 3.63) is 155 Å². The van der Waals surface area contributed by atoms with E-state index in [1.165, 1.54) is 33.6 Å². The number of hydrogen-bond donors (Lipinski definition) is 0. The molecule has 0 amide bonds. The second-order valence-corrected chi connectivity index (χ2v) is 11.8. The molecule has 0 saturated carbocycles. The molecule has 6 aromatic rings. The largest absolute Gasteiger partial charge is 0.313 e. The lowest BCUT2D eigenvalue weighted by atomic mass is 9.93. The topological polar surface area (TPSA) is 49.0 Å². The fourth-order valence-electron chi connectivity index (χ4n) is 6.34. The molecule has 0 saturated heterocycles. The molecule has 0 N–H and O–H groups in total. The van der Waals surface area contributed by atoms with E-state index >= 15 is 0 Å². The molecule has 8 rings (SSSR count). The van der Waals surface area contributed by atoms with Crippen molar-refractivity contribution >= 4 is 39.2 Å². The lowest BCUT2D eigenvalue weighted by Gasteiger charge is -2.22. The van der Waals surface area contributed by atoms with Gasteiger partial charge in [0.2, 0.25) is 0 Å². The first-order chi connectivity index (χ1) is 20.2. The highest BCUT2D eigenvalue weighted by Crippen LogP contribution is 2.57. The van der Waals surface area contributed by atoms with E-state index in [9.17, 15) is 4.21 Å². The van der Waals surface area contributed by atoms with E-state index in [0.29, 0.717) is 10.5 Å². The van der Waals surface area contributed by atoms with Crippen LogP contribution in [-0.2, 0) is 10.8 Å². The fourth-order valence-corrected chi connectivity index (χ4v) is 7.37. The fraction of sp³-hybridized carbons (Fsp3) is 0.0278. The van der Waals surface area contributed by atoms with Crippen LogP contribution >= 0.6 is 0 Å². The average molecular weight is 546 g/mol. The van der Waals surface area contributed by atoms with Crippen molar-refractivity contribution in [2.24, 2.45) is 0 Å². The minimum Gasteiger partial charge on any atom is -0.313 e. The zero-order valence-electron chi connectivity index (χ0n) is 21.9. The molecule has 5 heteroatoms. The van der Waals surface area contributed by atoms with Crippen molar-refractivity contribution in [1.82, 2.24) is 4.57 Å². The zero-order chi connectivity index (χ0) is 27.5. The van der Waals surface area contributed by atoms with Gasteiger partial charge < -0.3 is 9.47 Å². The summed E-state index contributed by atoms with van der Waals surface area (Å²) in [5.41, 5.74) is 10.2. The van der Waals surface area contributed by atoms with Gasteiger partial charge in [0.1, 0.15) is 0 Å². The molecule has 0 spiro atoms. The Hall–Kier alpha value is -5.18. The Kier molecular flexibility index (Phi) is 5.31. The van der Waals surface area contributed by atoms with Crippen molar-refractivity contribution in [2.75, 3.05) is 4.90 Å². The molecule has 4 nitrogen and oxygen atoms in total. The second kappa shape index (κ2) is 9.19. The third-order valence-electron chi connectivity index (χ3n) is 8.09. The third kappa shape index (κ3) is 3.55. The highest BCUT2D eigenvalue weighted by Gasteiger charge is 2.42. The van der Waals surface area contributed by atoms with E-state index in [0.717, 1.165) is 21.8 Å². The number of anilines is 2. The molecule has 2 heterocycles. The van der Waals surface area contributed by atoms with Crippen molar-refractivity contribution in [3.8, 4) is 11.8 Å². The first-order valence-electron chi connectivity index (χ1n) is 13.5. The molecule has 0 fully saturated rings. The first-order valence-corrected chi connectivity index (χ1v) is 14.7. The number of fused-ring (bicyclic) bond motifs is 7. The van der Waals surface area contributed by atoms with Gasteiger partial charge in [0, 0.05) is 32.2 Å². The third-order valence-corrected chi connectivity index (χ3v) is 9.49. The quantitative estimate of drug-likeness (QED) is 0.224. The standard InChI is InChI=1S/C36H23N3OS/c37-23-24-14-18-27(19-15-24)41(40)28-20-16-26(17-21-28)39-32-13-7-5-11-30(32)36-34(39)22-33-35(36)29-10-4-6-12-31(29)38(33)25-8-2-1-3-9-25/h1-22,35H. The zero-order valence-corrected chi connectivity index (χ0v) is 22.8. The van der Waals surface area contributed by atoms with Crippen LogP contribution in [0.1, 0.15) is 28.3 Å². The van der Waals surface area contributed by atoms with Crippen molar-refractivity contribution in [1.29, 1.82) is 5.26 Å². The highest BCUT2D eigenvalue weighted by atomic mass is 32.2. The summed E-state index contributed by atoms with van der Waals surface area (Å²) in [7, 11) is -1.33. The lowest BCUT2D eigenvalue weighted by molar-refractivity contribution is 0.683. The minimum atomic E-state index is -1.33. The Balaban J connectivity index is 1.26. The maximum atomic E-state index is 13.3. The van der Waals surface area contributed by atoms with Crippen molar-refractivity contribution in [2.45, 2.75) is 15.7 Å². The normalized spacial score (nSPS) is 15.6. The van der Waals surface area contributed by atoms with E-state index in [1.807, 2.05) is 12.1 Å². The monoisotopic (exact) mass is 545 g/mol. The van der Waals surface area contributed by atoms with Crippen LogP contribution in [0.2, 0.25) is 0 Å². The van der Waals surface area contributed by atoms with Crippen LogP contribution < -0.4 is 4.90 Å². The molecular weight excluding hydrogens is 522 g/mol. The summed E-state index contributed by atoms with van der Waals surface area (Å²) in [5.74, 6) is 0.149. The van der Waals surface area contributed by atoms with Crippen molar-refractivity contribution < 1.29 is 4.21 Å². The first kappa shape index (κ1) is 23.7. The SMILES string of the molecule is N#Cc1ccc(S(=O)c2ccc(-n3c4c(c5ccccc53)C3C(=C4)N(c4ccccc4)c4ccccc43)cc2)cc1. The van der Waals surface area contributed by atoms with E-state index in [4.69, 9.17) is 5.26 Å². The molecule has 1 aliphatic carbocycles. The van der Waals surface area contributed by atoms with Gasteiger partial charge >= 0.3 is 0 Å². The summed E-state index contributed by atoms with van der Waals surface area (Å²) in [6.45, 7) is 0. The summed E-state index contributed by atoms with van der Waals surface area (Å²) in [4.78, 5) is 3.80. The summed E-state index contributed by atoms with van der Waals surface area (Å²) >= 11 is 0. The van der Waals surface area contributed by atoms with Crippen LogP contribution in [0.5, 0.6) is 0 Å². The molecule has 2 unspecified atom stereocenters. The van der Waals surface area contributed by atoms with Gasteiger partial charge in [0.05, 0.1) is 45.2 Å². The van der Waals surface area contributed by atoms with Gasteiger partial charge in [-0.25, -0.2) is 4.21 Å². The Morgan fingerprint density at radius 2 is 1.34 bits per heavy atom. The number of aromatic nitrogens is 1. The number of benzene rings is 5. The Morgan fingerprint density at radius 1 is 0.683 bits per heavy atom. The van der Waals surface area contributed by atoms with Crippen LogP contribution in [0.25, 0.3) is 22.7 Å². The van der Waals surface area contributed by atoms with Gasteiger partial charge in [-0.3, -0.25) is 0 Å². The van der Waals surface area contributed by atoms with Crippen LogP contribution in [0.4, 0.5) is 11.4 Å². The number of nitriles is 1. The molecule has 0 radical (unpaired) electrons. The van der Waals surface area contributed by atoms with Gasteiger partial charge in [0.15, 0.2) is 0 Å². The van der Waals surface area contributed by atoms with Crippen LogP contribution in [-0.4, -0.2) is 8.78 Å². The van der Waals surface area contributed by atoms with Crippen molar-refractivity contribution in [3.63, 3.8) is 0 Å². The Labute approximate surface area is 240 Å². The minimum absolute atomic E-state index is 0.149. The molecule has 1 aromatic heterocycles. The number of hydrogen-bond acceptors (Lipinski definition) is 3. The maximum absolute atomic E-state index is 13.3. The average Bonchev–Trinajstić information content (AvgIpc) is 3.67. The second-order valence-electron chi connectivity index (χ2n) is 10.3. The Bertz CT molecular complexity index is 2070. The van der Waals surface area contributed by atoms with Gasteiger partial charge in [-0.1, -0.05) is 54.6 Å². The van der Waals surface area contributed by atoms with Crippen LogP contribution in [0.3, 0.4) is 0 Å². The molecule has 2 atom stereocenters. The lowest BCUT2D eigenvalue weighted by Crippen LogP contribution is -2.11. The van der Waals surface area contributed by atoms with E-state index in [1.54, 1.807) is 24.3 Å². The number of nitrogens with zero attached hydrogens (tertiary/aromatic N) is 3. The predicted octanol–water partition coefficient (Wildman–Crippen LogP) is 8.31. The summed E-state index contributed by atoms with van der Waals surface area (Å²) < 4.78 is 15.6. The van der Waals surface area contributed by atoms with E-state index in [2.05, 4.69) is 113 Å². The van der Waals surface area contributed by atoms with E-state index in [-0.39, 0.29) is 5.92 Å². The summed E-state index contributed by atoms with van der Waals surface area (Å²) in [6, 6.07) is 44.9. The van der Waals surface area contributed by atoms with Crippen LogP contribution in [0.15, 0.2) is 143 Å². The van der Waals surface area contributed by atoms with Crippen LogP contribution in [0, 0.1) is 11.3 Å².